The predicted octanol–water partition coefficient (Wildman–Crippen LogP) is 4.13. The van der Waals surface area contributed by atoms with Crippen molar-refractivity contribution in [1.82, 2.24) is 14.2 Å². The summed E-state index contributed by atoms with van der Waals surface area (Å²) in [6, 6.07) is 9.73. The third-order valence-corrected chi connectivity index (χ3v) is 9.43. The number of sulfonamides is 1. The fourth-order valence-electron chi connectivity index (χ4n) is 4.62. The van der Waals surface area contributed by atoms with Gasteiger partial charge in [0.1, 0.15) is 21.7 Å². The molecule has 1 aliphatic rings. The average Bonchev–Trinajstić information content (AvgIpc) is 3.35. The van der Waals surface area contributed by atoms with Crippen LogP contribution in [0.15, 0.2) is 41.3 Å². The van der Waals surface area contributed by atoms with Gasteiger partial charge in [-0.05, 0) is 77.3 Å². The van der Waals surface area contributed by atoms with E-state index in [4.69, 9.17) is 19.2 Å². The van der Waals surface area contributed by atoms with Gasteiger partial charge in [-0.2, -0.15) is 4.31 Å². The number of ether oxygens (including phenoxy) is 3. The third kappa shape index (κ3) is 6.87. The maximum Gasteiger partial charge on any atom is 0.260 e. The molecule has 1 aliphatic heterocycles. The zero-order chi connectivity index (χ0) is 28.3. The molecule has 1 saturated heterocycles. The van der Waals surface area contributed by atoms with Gasteiger partial charge in [-0.1, -0.05) is 11.3 Å². The van der Waals surface area contributed by atoms with Crippen molar-refractivity contribution >= 4 is 55.0 Å². The van der Waals surface area contributed by atoms with Gasteiger partial charge < -0.3 is 19.1 Å². The van der Waals surface area contributed by atoms with Gasteiger partial charge in [0.2, 0.25) is 10.0 Å². The molecule has 0 saturated carbocycles. The fourth-order valence-corrected chi connectivity index (χ4v) is 7.31. The first-order valence-corrected chi connectivity index (χ1v) is 15.0. The summed E-state index contributed by atoms with van der Waals surface area (Å²) in [5.74, 6) is 0.982. The minimum Gasteiger partial charge on any atom is -0.495 e. The SMILES string of the molecule is COc1ccc(OC)c2sc(N(CCCN(C)C)C(=O)c3ccc(S(=O)(=O)N4CC(C)OC(C)C4)cc3)nc12.Cl. The Morgan fingerprint density at radius 1 is 1.02 bits per heavy atom. The second-order valence-electron chi connectivity index (χ2n) is 9.86. The number of aromatic nitrogens is 1. The van der Waals surface area contributed by atoms with E-state index in [1.54, 1.807) is 37.3 Å². The molecule has 1 aromatic heterocycles. The van der Waals surface area contributed by atoms with E-state index in [0.29, 0.717) is 34.3 Å². The Balaban J connectivity index is 0.00000441. The van der Waals surface area contributed by atoms with Gasteiger partial charge in [-0.25, -0.2) is 13.4 Å². The number of rotatable bonds is 10. The summed E-state index contributed by atoms with van der Waals surface area (Å²) in [5.41, 5.74) is 0.998. The fraction of sp³-hybridized carbons (Fsp3) is 0.481. The standard InChI is InChI=1S/C27H36N4O6S2.ClH/c1-18-16-30(17-19(2)37-18)39(33,34)21-10-8-20(9-11-21)26(32)31(15-7-14-29(3)4)27-28-24-22(35-5)12-13-23(36-6)25(24)38-27;/h8-13,18-19H,7,14-17H2,1-6H3;1H. The molecule has 0 spiro atoms. The Morgan fingerprint density at radius 2 is 1.62 bits per heavy atom. The van der Waals surface area contributed by atoms with Crippen LogP contribution in [0.2, 0.25) is 0 Å². The van der Waals surface area contributed by atoms with Crippen LogP contribution in [0.5, 0.6) is 11.5 Å². The molecule has 2 atom stereocenters. The molecule has 3 aromatic rings. The van der Waals surface area contributed by atoms with Crippen molar-refractivity contribution in [3.8, 4) is 11.5 Å². The number of morpholine rings is 1. The van der Waals surface area contributed by atoms with E-state index >= 15 is 0 Å². The second kappa shape index (κ2) is 13.5. The van der Waals surface area contributed by atoms with Crippen LogP contribution in [0.1, 0.15) is 30.6 Å². The van der Waals surface area contributed by atoms with Crippen LogP contribution in [0.25, 0.3) is 10.2 Å². The second-order valence-corrected chi connectivity index (χ2v) is 12.8. The highest BCUT2D eigenvalue weighted by molar-refractivity contribution is 7.89. The summed E-state index contributed by atoms with van der Waals surface area (Å²) in [7, 11) is 3.42. The number of halogens is 1. The lowest BCUT2D eigenvalue weighted by Gasteiger charge is -2.34. The van der Waals surface area contributed by atoms with E-state index < -0.39 is 10.0 Å². The topological polar surface area (TPSA) is 102 Å². The highest BCUT2D eigenvalue weighted by atomic mass is 35.5. The zero-order valence-electron chi connectivity index (χ0n) is 23.6. The van der Waals surface area contributed by atoms with Crippen molar-refractivity contribution in [2.75, 3.05) is 59.4 Å². The molecule has 1 fully saturated rings. The van der Waals surface area contributed by atoms with Crippen molar-refractivity contribution in [2.24, 2.45) is 0 Å². The van der Waals surface area contributed by atoms with E-state index in [9.17, 15) is 13.2 Å². The summed E-state index contributed by atoms with van der Waals surface area (Å²) in [4.78, 5) is 22.4. The van der Waals surface area contributed by atoms with Crippen molar-refractivity contribution in [1.29, 1.82) is 0 Å². The maximum atomic E-state index is 13.8. The first kappa shape index (κ1) is 32.0. The molecule has 10 nitrogen and oxygen atoms in total. The number of hydrogen-bond donors (Lipinski definition) is 0. The molecule has 2 aromatic carbocycles. The molecule has 4 rings (SSSR count). The molecule has 13 heteroatoms. The highest BCUT2D eigenvalue weighted by Crippen LogP contribution is 2.40. The lowest BCUT2D eigenvalue weighted by molar-refractivity contribution is -0.0440. The summed E-state index contributed by atoms with van der Waals surface area (Å²) >= 11 is 1.36. The molecule has 0 aliphatic carbocycles. The number of thiazole rings is 1. The number of benzene rings is 2. The number of fused-ring (bicyclic) bond motifs is 1. The van der Waals surface area contributed by atoms with Gasteiger partial charge in [0.05, 0.1) is 31.3 Å². The number of nitrogens with zero attached hydrogens (tertiary/aromatic N) is 4. The van der Waals surface area contributed by atoms with Gasteiger partial charge in [0.25, 0.3) is 5.91 Å². The van der Waals surface area contributed by atoms with E-state index in [1.807, 2.05) is 34.0 Å². The molecule has 40 heavy (non-hydrogen) atoms. The maximum absolute atomic E-state index is 13.8. The van der Waals surface area contributed by atoms with E-state index in [-0.39, 0.29) is 48.5 Å². The van der Waals surface area contributed by atoms with E-state index in [0.717, 1.165) is 17.7 Å². The van der Waals surface area contributed by atoms with Crippen LogP contribution < -0.4 is 14.4 Å². The number of methoxy groups -OCH3 is 2. The minimum absolute atomic E-state index is 0. The molecular weight excluding hydrogens is 576 g/mol. The number of carbonyl (C=O) groups excluding carboxylic acids is 1. The molecule has 0 radical (unpaired) electrons. The van der Waals surface area contributed by atoms with Crippen molar-refractivity contribution in [2.45, 2.75) is 37.4 Å². The first-order chi connectivity index (χ1) is 18.5. The average molecular weight is 613 g/mol. The Kier molecular flexibility index (Phi) is 10.8. The third-order valence-electron chi connectivity index (χ3n) is 6.49. The number of amides is 1. The lowest BCUT2D eigenvalue weighted by Crippen LogP contribution is -2.48. The Labute approximate surface area is 246 Å². The Bertz CT molecular complexity index is 1360. The lowest BCUT2D eigenvalue weighted by atomic mass is 10.2. The van der Waals surface area contributed by atoms with E-state index in [2.05, 4.69) is 4.90 Å². The normalized spacial score (nSPS) is 18.0. The predicted molar refractivity (Wildman–Crippen MR) is 160 cm³/mol. The van der Waals surface area contributed by atoms with Gasteiger partial charge in [0.15, 0.2) is 5.13 Å². The number of carbonyl (C=O) groups is 1. The van der Waals surface area contributed by atoms with Crippen LogP contribution in [-0.2, 0) is 14.8 Å². The molecule has 2 unspecified atom stereocenters. The van der Waals surface area contributed by atoms with Crippen LogP contribution in [0, 0.1) is 0 Å². The van der Waals surface area contributed by atoms with Crippen molar-refractivity contribution in [3.05, 3.63) is 42.0 Å². The molecule has 220 valence electrons. The van der Waals surface area contributed by atoms with Crippen LogP contribution in [0.4, 0.5) is 5.13 Å². The first-order valence-electron chi connectivity index (χ1n) is 12.8. The molecule has 0 bridgehead atoms. The molecular formula is C27H37ClN4O6S2. The molecule has 0 N–H and O–H groups in total. The van der Waals surface area contributed by atoms with Crippen molar-refractivity contribution < 1.29 is 27.4 Å². The largest absolute Gasteiger partial charge is 0.495 e. The van der Waals surface area contributed by atoms with Crippen molar-refractivity contribution in [3.63, 3.8) is 0 Å². The highest BCUT2D eigenvalue weighted by Gasteiger charge is 2.32. The van der Waals surface area contributed by atoms with E-state index in [1.165, 1.54) is 27.8 Å². The summed E-state index contributed by atoms with van der Waals surface area (Å²) in [6.07, 6.45) is 0.348. The Hall–Kier alpha value is -2.48. The van der Waals surface area contributed by atoms with Gasteiger partial charge in [-0.15, -0.1) is 12.4 Å². The van der Waals surface area contributed by atoms with Gasteiger partial charge >= 0.3 is 0 Å². The zero-order valence-corrected chi connectivity index (χ0v) is 26.1. The number of hydrogen-bond acceptors (Lipinski definition) is 9. The van der Waals surface area contributed by atoms with Gasteiger partial charge in [0, 0.05) is 25.2 Å². The minimum atomic E-state index is -3.71. The monoisotopic (exact) mass is 612 g/mol. The Morgan fingerprint density at radius 3 is 2.20 bits per heavy atom. The number of anilines is 1. The molecule has 2 heterocycles. The summed E-state index contributed by atoms with van der Waals surface area (Å²) in [5, 5.41) is 0.518. The summed E-state index contributed by atoms with van der Waals surface area (Å²) in [6.45, 7) is 5.52. The smallest absolute Gasteiger partial charge is 0.260 e. The van der Waals surface area contributed by atoms with Crippen LogP contribution >= 0.6 is 23.7 Å². The van der Waals surface area contributed by atoms with Gasteiger partial charge in [-0.3, -0.25) is 9.69 Å². The molecule has 1 amide bonds. The van der Waals surface area contributed by atoms with Crippen LogP contribution in [0.3, 0.4) is 0 Å². The van der Waals surface area contributed by atoms with Crippen LogP contribution in [-0.4, -0.2) is 95.2 Å². The summed E-state index contributed by atoms with van der Waals surface area (Å²) < 4.78 is 45.5. The quantitative estimate of drug-likeness (QED) is 0.337.